The van der Waals surface area contributed by atoms with Gasteiger partial charge in [-0.2, -0.15) is 0 Å². The molecular formula is C13H15NO. The summed E-state index contributed by atoms with van der Waals surface area (Å²) < 4.78 is 0. The first-order valence-corrected chi connectivity index (χ1v) is 4.95. The van der Waals surface area contributed by atoms with E-state index in [4.69, 9.17) is 0 Å². The third kappa shape index (κ3) is 4.81. The van der Waals surface area contributed by atoms with E-state index in [1.807, 2.05) is 61.6 Å². The molecule has 0 heterocycles. The molecule has 0 saturated carbocycles. The molecule has 0 fully saturated rings. The average Bonchev–Trinajstić information content (AvgIpc) is 2.26. The van der Waals surface area contributed by atoms with Crippen LogP contribution in [0.25, 0.3) is 0 Å². The Morgan fingerprint density at radius 1 is 1.27 bits per heavy atom. The van der Waals surface area contributed by atoms with Gasteiger partial charge in [0, 0.05) is 12.1 Å². The molecule has 1 aromatic rings. The summed E-state index contributed by atoms with van der Waals surface area (Å²) in [6, 6.07) is 9.44. The molecule has 0 aliphatic carbocycles. The molecule has 0 bridgehead atoms. The molecule has 0 atom stereocenters. The summed E-state index contributed by atoms with van der Waals surface area (Å²) in [4.78, 5) is 11.4. The second-order valence-electron chi connectivity index (χ2n) is 3.07. The van der Waals surface area contributed by atoms with Crippen molar-refractivity contribution in [2.75, 3.05) is 5.32 Å². The van der Waals surface area contributed by atoms with Crippen molar-refractivity contribution in [2.24, 2.45) is 0 Å². The number of nitrogens with one attached hydrogen (secondary N) is 1. The van der Waals surface area contributed by atoms with Crippen molar-refractivity contribution in [3.8, 4) is 0 Å². The maximum Gasteiger partial charge on any atom is 0.228 e. The summed E-state index contributed by atoms with van der Waals surface area (Å²) >= 11 is 0. The number of anilines is 1. The minimum atomic E-state index is 0.00181. The number of carbonyl (C=O) groups excluding carboxylic acids is 1. The van der Waals surface area contributed by atoms with Crippen LogP contribution >= 0.6 is 0 Å². The van der Waals surface area contributed by atoms with Gasteiger partial charge in [0.05, 0.1) is 0 Å². The largest absolute Gasteiger partial charge is 0.326 e. The van der Waals surface area contributed by atoms with Crippen LogP contribution < -0.4 is 5.32 Å². The lowest BCUT2D eigenvalue weighted by molar-refractivity contribution is -0.115. The third-order valence-electron chi connectivity index (χ3n) is 1.80. The first-order chi connectivity index (χ1) is 7.33. The lowest BCUT2D eigenvalue weighted by Gasteiger charge is -2.01. The van der Waals surface area contributed by atoms with Gasteiger partial charge in [-0.25, -0.2) is 0 Å². The lowest BCUT2D eigenvalue weighted by atomic mass is 10.3. The van der Waals surface area contributed by atoms with Gasteiger partial charge in [-0.15, -0.1) is 0 Å². The van der Waals surface area contributed by atoms with E-state index in [1.165, 1.54) is 0 Å². The summed E-state index contributed by atoms with van der Waals surface area (Å²) in [7, 11) is 0. The molecule has 1 rings (SSSR count). The van der Waals surface area contributed by atoms with Crippen molar-refractivity contribution in [3.63, 3.8) is 0 Å². The van der Waals surface area contributed by atoms with Crippen molar-refractivity contribution in [1.29, 1.82) is 0 Å². The van der Waals surface area contributed by atoms with Crippen LogP contribution in [0.3, 0.4) is 0 Å². The Morgan fingerprint density at radius 2 is 2.00 bits per heavy atom. The summed E-state index contributed by atoms with van der Waals surface area (Å²) in [6.45, 7) is 1.94. The van der Waals surface area contributed by atoms with Crippen LogP contribution in [0.1, 0.15) is 13.3 Å². The number of rotatable bonds is 4. The molecule has 0 aliphatic heterocycles. The molecule has 2 nitrogen and oxygen atoms in total. The molecule has 0 aliphatic rings. The van der Waals surface area contributed by atoms with Crippen LogP contribution in [0.2, 0.25) is 0 Å². The average molecular weight is 201 g/mol. The van der Waals surface area contributed by atoms with E-state index in [0.29, 0.717) is 6.42 Å². The second kappa shape index (κ2) is 6.60. The predicted molar refractivity (Wildman–Crippen MR) is 63.6 cm³/mol. The Balaban J connectivity index is 2.37. The first kappa shape index (κ1) is 11.2. The molecule has 0 saturated heterocycles. The maximum atomic E-state index is 11.4. The van der Waals surface area contributed by atoms with Crippen LogP contribution in [0.5, 0.6) is 0 Å². The number of benzene rings is 1. The van der Waals surface area contributed by atoms with Crippen molar-refractivity contribution < 1.29 is 4.79 Å². The molecule has 2 heteroatoms. The van der Waals surface area contributed by atoms with Gasteiger partial charge in [-0.05, 0) is 19.1 Å². The fourth-order valence-corrected chi connectivity index (χ4v) is 1.10. The van der Waals surface area contributed by atoms with E-state index in [9.17, 15) is 4.79 Å². The Bertz CT molecular complexity index is 352. The van der Waals surface area contributed by atoms with Crippen molar-refractivity contribution in [3.05, 3.63) is 54.6 Å². The zero-order chi connectivity index (χ0) is 10.9. The quantitative estimate of drug-likeness (QED) is 0.745. The van der Waals surface area contributed by atoms with Crippen LogP contribution in [0.4, 0.5) is 5.69 Å². The number of para-hydroxylation sites is 1. The standard InChI is InChI=1S/C13H15NO/c1-2-3-4-8-11-13(15)14-12-9-6-5-7-10-12/h2-10H,11H2,1H3,(H,14,15)/b3-2+,8-4+. The van der Waals surface area contributed by atoms with Gasteiger partial charge in [0.2, 0.25) is 5.91 Å². The van der Waals surface area contributed by atoms with Crippen LogP contribution in [-0.2, 0) is 4.79 Å². The van der Waals surface area contributed by atoms with E-state index in [0.717, 1.165) is 5.69 Å². The first-order valence-electron chi connectivity index (χ1n) is 4.95. The Labute approximate surface area is 90.3 Å². The highest BCUT2D eigenvalue weighted by atomic mass is 16.1. The topological polar surface area (TPSA) is 29.1 Å². The molecular weight excluding hydrogens is 186 g/mol. The van der Waals surface area contributed by atoms with Crippen LogP contribution in [0, 0.1) is 0 Å². The summed E-state index contributed by atoms with van der Waals surface area (Å²) in [5.41, 5.74) is 0.835. The highest BCUT2D eigenvalue weighted by molar-refractivity contribution is 5.91. The van der Waals surface area contributed by atoms with E-state index in [-0.39, 0.29) is 5.91 Å². The molecule has 1 N–H and O–H groups in total. The highest BCUT2D eigenvalue weighted by Crippen LogP contribution is 2.05. The Morgan fingerprint density at radius 3 is 2.67 bits per heavy atom. The smallest absolute Gasteiger partial charge is 0.228 e. The Kier molecular flexibility index (Phi) is 4.95. The summed E-state index contributed by atoms with van der Waals surface area (Å²) in [6.07, 6.45) is 7.92. The number of allylic oxidation sites excluding steroid dienone is 3. The zero-order valence-corrected chi connectivity index (χ0v) is 8.81. The molecule has 0 radical (unpaired) electrons. The summed E-state index contributed by atoms with van der Waals surface area (Å²) in [5, 5.41) is 2.80. The monoisotopic (exact) mass is 201 g/mol. The van der Waals surface area contributed by atoms with Crippen molar-refractivity contribution in [1.82, 2.24) is 0 Å². The van der Waals surface area contributed by atoms with E-state index in [1.54, 1.807) is 0 Å². The zero-order valence-electron chi connectivity index (χ0n) is 8.81. The minimum Gasteiger partial charge on any atom is -0.326 e. The van der Waals surface area contributed by atoms with Gasteiger partial charge >= 0.3 is 0 Å². The van der Waals surface area contributed by atoms with Gasteiger partial charge in [0.25, 0.3) is 0 Å². The van der Waals surface area contributed by atoms with Gasteiger partial charge < -0.3 is 5.32 Å². The third-order valence-corrected chi connectivity index (χ3v) is 1.80. The van der Waals surface area contributed by atoms with E-state index in [2.05, 4.69) is 5.32 Å². The number of amides is 1. The molecule has 0 spiro atoms. The molecule has 1 amide bonds. The SMILES string of the molecule is C/C=C/C=C/CC(=O)Nc1ccccc1. The van der Waals surface area contributed by atoms with Gasteiger partial charge in [-0.3, -0.25) is 4.79 Å². The summed E-state index contributed by atoms with van der Waals surface area (Å²) in [5.74, 6) is 0.00181. The van der Waals surface area contributed by atoms with Crippen LogP contribution in [0.15, 0.2) is 54.6 Å². The molecule has 1 aromatic carbocycles. The van der Waals surface area contributed by atoms with Gasteiger partial charge in [0.1, 0.15) is 0 Å². The molecule has 0 aromatic heterocycles. The number of hydrogen-bond donors (Lipinski definition) is 1. The highest BCUT2D eigenvalue weighted by Gasteiger charge is 1.97. The van der Waals surface area contributed by atoms with Crippen molar-refractivity contribution in [2.45, 2.75) is 13.3 Å². The maximum absolute atomic E-state index is 11.4. The predicted octanol–water partition coefficient (Wildman–Crippen LogP) is 3.15. The molecule has 78 valence electrons. The fourth-order valence-electron chi connectivity index (χ4n) is 1.10. The van der Waals surface area contributed by atoms with Crippen LogP contribution in [-0.4, -0.2) is 5.91 Å². The normalized spacial score (nSPS) is 11.0. The Hall–Kier alpha value is -1.83. The molecule has 15 heavy (non-hydrogen) atoms. The minimum absolute atomic E-state index is 0.00181. The van der Waals surface area contributed by atoms with E-state index < -0.39 is 0 Å². The van der Waals surface area contributed by atoms with Gasteiger partial charge in [0.15, 0.2) is 0 Å². The molecule has 0 unspecified atom stereocenters. The number of hydrogen-bond acceptors (Lipinski definition) is 1. The lowest BCUT2D eigenvalue weighted by Crippen LogP contribution is -2.09. The number of carbonyl (C=O) groups is 1. The van der Waals surface area contributed by atoms with Crippen molar-refractivity contribution >= 4 is 11.6 Å². The second-order valence-corrected chi connectivity index (χ2v) is 3.07. The van der Waals surface area contributed by atoms with Gasteiger partial charge in [-0.1, -0.05) is 42.5 Å². The van der Waals surface area contributed by atoms with E-state index >= 15 is 0 Å². The fraction of sp³-hybridized carbons (Fsp3) is 0.154.